The molecule has 0 aliphatic heterocycles. The summed E-state index contributed by atoms with van der Waals surface area (Å²) in [5, 5.41) is 10.8. The van der Waals surface area contributed by atoms with Crippen LogP contribution in [0.25, 0.3) is 0 Å². The second kappa shape index (κ2) is 7.84. The van der Waals surface area contributed by atoms with E-state index in [1.807, 2.05) is 36.4 Å². The molecule has 0 aliphatic carbocycles. The van der Waals surface area contributed by atoms with Gasteiger partial charge in [-0.05, 0) is 12.1 Å². The molecule has 0 aromatic heterocycles. The lowest BCUT2D eigenvalue weighted by atomic mass is 10.1. The van der Waals surface area contributed by atoms with Gasteiger partial charge in [0.25, 0.3) is 6.20 Å². The van der Waals surface area contributed by atoms with Crippen LogP contribution >= 0.6 is 0 Å². The Morgan fingerprint density at radius 3 is 2.22 bits per heavy atom. The van der Waals surface area contributed by atoms with E-state index >= 15 is 0 Å². The van der Waals surface area contributed by atoms with E-state index in [-0.39, 0.29) is 5.76 Å². The van der Waals surface area contributed by atoms with Crippen LogP contribution in [0.3, 0.4) is 0 Å². The molecule has 6 heteroatoms. The molecule has 2 rings (SSSR count). The smallest absolute Gasteiger partial charge is 0.276 e. The molecule has 0 bridgehead atoms. The molecule has 0 aliphatic rings. The Kier molecular flexibility index (Phi) is 5.57. The minimum Gasteiger partial charge on any atom is -0.493 e. The lowest BCUT2D eigenvalue weighted by Crippen LogP contribution is -2.14. The van der Waals surface area contributed by atoms with Crippen molar-refractivity contribution in [1.82, 2.24) is 0 Å². The van der Waals surface area contributed by atoms with Gasteiger partial charge in [-0.3, -0.25) is 10.1 Å². The van der Waals surface area contributed by atoms with Gasteiger partial charge in [-0.1, -0.05) is 42.5 Å². The Bertz CT molecular complexity index is 684. The number of nitro groups is 1. The highest BCUT2D eigenvalue weighted by Crippen LogP contribution is 2.34. The zero-order chi connectivity index (χ0) is 16.7. The van der Waals surface area contributed by atoms with Crippen LogP contribution in [0.4, 0.5) is 0 Å². The number of methoxy groups -OCH3 is 2. The number of para-hydroxylation sites is 2. The highest BCUT2D eigenvalue weighted by Gasteiger charge is 2.24. The maximum atomic E-state index is 10.8. The van der Waals surface area contributed by atoms with Gasteiger partial charge in [0.2, 0.25) is 5.76 Å². The number of nitrogens with zero attached hydrogens (tertiary/aromatic N) is 1. The number of benzene rings is 2. The van der Waals surface area contributed by atoms with Crippen LogP contribution in [0.5, 0.6) is 11.5 Å². The Labute approximate surface area is 134 Å². The number of rotatable bonds is 7. The quantitative estimate of drug-likeness (QED) is 0.444. The number of ether oxygens (including phenoxy) is 3. The summed E-state index contributed by atoms with van der Waals surface area (Å²) in [7, 11) is 2.90. The summed E-state index contributed by atoms with van der Waals surface area (Å²) in [6, 6.07) is 16.2. The maximum Gasteiger partial charge on any atom is 0.276 e. The van der Waals surface area contributed by atoms with Crippen molar-refractivity contribution in [2.24, 2.45) is 0 Å². The van der Waals surface area contributed by atoms with Crippen LogP contribution < -0.4 is 9.47 Å². The standard InChI is InChI=1S/C17H17NO5/c1-21-14-10-6-7-11-15(14)23-17(13-8-4-3-5-9-13)16(22-2)12-18(19)20/h3-12,17H,1-2H3. The number of hydrogen-bond acceptors (Lipinski definition) is 5. The molecule has 0 saturated heterocycles. The monoisotopic (exact) mass is 315 g/mol. The first-order chi connectivity index (χ1) is 11.2. The summed E-state index contributed by atoms with van der Waals surface area (Å²) < 4.78 is 16.4. The predicted molar refractivity (Wildman–Crippen MR) is 84.9 cm³/mol. The van der Waals surface area contributed by atoms with E-state index in [2.05, 4.69) is 0 Å². The van der Waals surface area contributed by atoms with Crippen LogP contribution in [-0.2, 0) is 4.74 Å². The van der Waals surface area contributed by atoms with Gasteiger partial charge in [-0.25, -0.2) is 0 Å². The van der Waals surface area contributed by atoms with Crippen LogP contribution in [0.2, 0.25) is 0 Å². The van der Waals surface area contributed by atoms with Crippen LogP contribution in [0.1, 0.15) is 11.7 Å². The van der Waals surface area contributed by atoms with Gasteiger partial charge in [-0.2, -0.15) is 0 Å². The average Bonchev–Trinajstić information content (AvgIpc) is 2.58. The second-order valence-corrected chi connectivity index (χ2v) is 4.58. The van der Waals surface area contributed by atoms with Crippen LogP contribution in [-0.4, -0.2) is 19.1 Å². The van der Waals surface area contributed by atoms with Crippen molar-refractivity contribution in [2.45, 2.75) is 6.10 Å². The molecule has 23 heavy (non-hydrogen) atoms. The molecule has 1 unspecified atom stereocenters. The third-order valence-corrected chi connectivity index (χ3v) is 3.14. The highest BCUT2D eigenvalue weighted by atomic mass is 16.6. The lowest BCUT2D eigenvalue weighted by molar-refractivity contribution is -0.405. The van der Waals surface area contributed by atoms with E-state index in [0.717, 1.165) is 11.8 Å². The molecule has 2 aromatic rings. The third kappa shape index (κ3) is 4.23. The molecule has 0 spiro atoms. The molecule has 2 aromatic carbocycles. The Balaban J connectivity index is 2.43. The summed E-state index contributed by atoms with van der Waals surface area (Å²) in [5.74, 6) is 1.09. The molecule has 0 heterocycles. The molecule has 0 amide bonds. The van der Waals surface area contributed by atoms with E-state index in [1.54, 1.807) is 18.2 Å². The van der Waals surface area contributed by atoms with Crippen molar-refractivity contribution in [3.05, 3.63) is 82.2 Å². The van der Waals surface area contributed by atoms with Crippen molar-refractivity contribution in [3.8, 4) is 11.5 Å². The third-order valence-electron chi connectivity index (χ3n) is 3.14. The summed E-state index contributed by atoms with van der Waals surface area (Å²) in [6.07, 6.45) is 0.0375. The molecule has 1 atom stereocenters. The minimum atomic E-state index is -0.761. The average molecular weight is 315 g/mol. The SMILES string of the molecule is COC(=C[N+](=O)[O-])C(Oc1ccccc1OC)c1ccccc1. The first-order valence-corrected chi connectivity index (χ1v) is 6.89. The van der Waals surface area contributed by atoms with Gasteiger partial charge in [0, 0.05) is 5.56 Å². The van der Waals surface area contributed by atoms with Crippen molar-refractivity contribution in [2.75, 3.05) is 14.2 Å². The zero-order valence-electron chi connectivity index (χ0n) is 12.8. The molecule has 0 fully saturated rings. The molecule has 0 radical (unpaired) electrons. The van der Waals surface area contributed by atoms with Crippen molar-refractivity contribution in [3.63, 3.8) is 0 Å². The fourth-order valence-electron chi connectivity index (χ4n) is 2.09. The van der Waals surface area contributed by atoms with Crippen molar-refractivity contribution < 1.29 is 19.1 Å². The minimum absolute atomic E-state index is 0.0899. The second-order valence-electron chi connectivity index (χ2n) is 4.58. The Morgan fingerprint density at radius 2 is 1.65 bits per heavy atom. The molecule has 0 N–H and O–H groups in total. The van der Waals surface area contributed by atoms with Crippen LogP contribution in [0.15, 0.2) is 66.6 Å². The molecule has 0 saturated carbocycles. The highest BCUT2D eigenvalue weighted by molar-refractivity contribution is 5.40. The van der Waals surface area contributed by atoms with Gasteiger partial charge in [-0.15, -0.1) is 0 Å². The summed E-state index contributed by atoms with van der Waals surface area (Å²) in [6.45, 7) is 0. The summed E-state index contributed by atoms with van der Waals surface area (Å²) in [4.78, 5) is 10.3. The number of hydrogen-bond donors (Lipinski definition) is 0. The van der Waals surface area contributed by atoms with Gasteiger partial charge in [0.15, 0.2) is 17.6 Å². The zero-order valence-corrected chi connectivity index (χ0v) is 12.8. The Hall–Kier alpha value is -3.02. The van der Waals surface area contributed by atoms with Gasteiger partial charge < -0.3 is 14.2 Å². The summed E-state index contributed by atoms with van der Waals surface area (Å²) >= 11 is 0. The molecular weight excluding hydrogens is 298 g/mol. The largest absolute Gasteiger partial charge is 0.493 e. The van der Waals surface area contributed by atoms with E-state index < -0.39 is 11.0 Å². The van der Waals surface area contributed by atoms with Crippen molar-refractivity contribution >= 4 is 0 Å². The molecule has 6 nitrogen and oxygen atoms in total. The van der Waals surface area contributed by atoms with Gasteiger partial charge in [0.05, 0.1) is 19.1 Å². The first-order valence-electron chi connectivity index (χ1n) is 6.89. The summed E-state index contributed by atoms with van der Waals surface area (Å²) in [5.41, 5.74) is 0.730. The molecule has 120 valence electrons. The lowest BCUT2D eigenvalue weighted by Gasteiger charge is -2.21. The van der Waals surface area contributed by atoms with E-state index in [9.17, 15) is 10.1 Å². The Morgan fingerprint density at radius 1 is 1.04 bits per heavy atom. The van der Waals surface area contributed by atoms with Crippen LogP contribution in [0, 0.1) is 10.1 Å². The van der Waals surface area contributed by atoms with E-state index in [4.69, 9.17) is 14.2 Å². The fourth-order valence-corrected chi connectivity index (χ4v) is 2.09. The predicted octanol–water partition coefficient (Wildman–Crippen LogP) is 3.58. The first kappa shape index (κ1) is 16.4. The molecular formula is C17H17NO5. The topological polar surface area (TPSA) is 70.8 Å². The normalized spacial score (nSPS) is 12.3. The fraction of sp³-hybridized carbons (Fsp3) is 0.176. The van der Waals surface area contributed by atoms with Crippen molar-refractivity contribution in [1.29, 1.82) is 0 Å². The van der Waals surface area contributed by atoms with E-state index in [0.29, 0.717) is 11.5 Å². The van der Waals surface area contributed by atoms with Gasteiger partial charge in [0.1, 0.15) is 0 Å². The van der Waals surface area contributed by atoms with Gasteiger partial charge >= 0.3 is 0 Å². The maximum absolute atomic E-state index is 10.8. The van der Waals surface area contributed by atoms with E-state index in [1.165, 1.54) is 14.2 Å².